The SMILES string of the molecule is O=C(CSc1nnc(NC[C@H]2CCCO2)s1)NCc1ccc(F)cc1. The highest BCUT2D eigenvalue weighted by molar-refractivity contribution is 8.01. The first-order chi connectivity index (χ1) is 12.2. The minimum absolute atomic E-state index is 0.0987. The first-order valence-corrected chi connectivity index (χ1v) is 9.82. The average Bonchev–Trinajstić information content (AvgIpc) is 3.29. The van der Waals surface area contributed by atoms with Crippen molar-refractivity contribution < 1.29 is 13.9 Å². The maximum Gasteiger partial charge on any atom is 0.230 e. The number of hydrogen-bond acceptors (Lipinski definition) is 7. The van der Waals surface area contributed by atoms with Gasteiger partial charge in [0.05, 0.1) is 11.9 Å². The van der Waals surface area contributed by atoms with E-state index >= 15 is 0 Å². The van der Waals surface area contributed by atoms with Crippen LogP contribution in [-0.4, -0.2) is 41.1 Å². The number of hydrogen-bond donors (Lipinski definition) is 2. The molecule has 1 amide bonds. The number of aromatic nitrogens is 2. The Labute approximate surface area is 153 Å². The van der Waals surface area contributed by atoms with Gasteiger partial charge in [0.25, 0.3) is 0 Å². The molecule has 2 aromatic rings. The fourth-order valence-corrected chi connectivity index (χ4v) is 3.92. The first-order valence-electron chi connectivity index (χ1n) is 8.02. The highest BCUT2D eigenvalue weighted by atomic mass is 32.2. The predicted octanol–water partition coefficient (Wildman–Crippen LogP) is 2.68. The molecule has 6 nitrogen and oxygen atoms in total. The Balaban J connectivity index is 1.36. The van der Waals surface area contributed by atoms with Crippen molar-refractivity contribution in [2.45, 2.75) is 29.8 Å². The highest BCUT2D eigenvalue weighted by Gasteiger charge is 2.16. The fourth-order valence-electron chi connectivity index (χ4n) is 2.33. The summed E-state index contributed by atoms with van der Waals surface area (Å²) in [6.07, 6.45) is 2.43. The second-order valence-electron chi connectivity index (χ2n) is 5.58. The van der Waals surface area contributed by atoms with E-state index in [4.69, 9.17) is 4.74 Å². The molecule has 0 bridgehead atoms. The molecule has 0 spiro atoms. The molecule has 0 unspecified atom stereocenters. The van der Waals surface area contributed by atoms with Crippen LogP contribution in [0.5, 0.6) is 0 Å². The van der Waals surface area contributed by atoms with E-state index in [1.807, 2.05) is 0 Å². The molecule has 1 atom stereocenters. The Morgan fingerprint density at radius 1 is 1.36 bits per heavy atom. The van der Waals surface area contributed by atoms with Gasteiger partial charge in [0.2, 0.25) is 11.0 Å². The van der Waals surface area contributed by atoms with Crippen LogP contribution in [0.2, 0.25) is 0 Å². The van der Waals surface area contributed by atoms with Crippen LogP contribution in [0.15, 0.2) is 28.6 Å². The van der Waals surface area contributed by atoms with Gasteiger partial charge in [-0.1, -0.05) is 35.2 Å². The molecular weight excluding hydrogens is 363 g/mol. The predicted molar refractivity (Wildman–Crippen MR) is 96.3 cm³/mol. The summed E-state index contributed by atoms with van der Waals surface area (Å²) in [6.45, 7) is 1.94. The quantitative estimate of drug-likeness (QED) is 0.684. The summed E-state index contributed by atoms with van der Waals surface area (Å²) in [5.74, 6) is -0.120. The molecule has 1 aliphatic heterocycles. The Kier molecular flexibility index (Phi) is 6.60. The smallest absolute Gasteiger partial charge is 0.230 e. The number of benzene rings is 1. The molecule has 9 heteroatoms. The molecule has 2 heterocycles. The molecule has 0 radical (unpaired) electrons. The van der Waals surface area contributed by atoms with Gasteiger partial charge in [0.1, 0.15) is 5.82 Å². The van der Waals surface area contributed by atoms with Crippen LogP contribution in [0.3, 0.4) is 0 Å². The zero-order valence-corrected chi connectivity index (χ0v) is 15.2. The van der Waals surface area contributed by atoms with Crippen LogP contribution >= 0.6 is 23.1 Å². The molecule has 0 saturated carbocycles. The fraction of sp³-hybridized carbons (Fsp3) is 0.438. The number of nitrogens with zero attached hydrogens (tertiary/aromatic N) is 2. The van der Waals surface area contributed by atoms with Crippen molar-refractivity contribution in [1.29, 1.82) is 0 Å². The Bertz CT molecular complexity index is 690. The minimum Gasteiger partial charge on any atom is -0.376 e. The third-order valence-electron chi connectivity index (χ3n) is 3.64. The normalized spacial score (nSPS) is 16.8. The van der Waals surface area contributed by atoms with Gasteiger partial charge in [-0.2, -0.15) is 0 Å². The summed E-state index contributed by atoms with van der Waals surface area (Å²) in [5.41, 5.74) is 0.858. The molecule has 134 valence electrons. The van der Waals surface area contributed by atoms with Crippen LogP contribution in [0.4, 0.5) is 9.52 Å². The van der Waals surface area contributed by atoms with Crippen LogP contribution in [0, 0.1) is 5.82 Å². The van der Waals surface area contributed by atoms with Crippen molar-refractivity contribution in [2.24, 2.45) is 0 Å². The molecule has 1 aromatic carbocycles. The van der Waals surface area contributed by atoms with Gasteiger partial charge < -0.3 is 15.4 Å². The lowest BCUT2D eigenvalue weighted by Gasteiger charge is -2.08. The Morgan fingerprint density at radius 2 is 2.20 bits per heavy atom. The van der Waals surface area contributed by atoms with Gasteiger partial charge in [-0.15, -0.1) is 10.2 Å². The van der Waals surface area contributed by atoms with Crippen LogP contribution in [0.1, 0.15) is 18.4 Å². The lowest BCUT2D eigenvalue weighted by Crippen LogP contribution is -2.24. The summed E-state index contributed by atoms with van der Waals surface area (Å²) in [5, 5.41) is 14.9. The topological polar surface area (TPSA) is 76.1 Å². The molecule has 25 heavy (non-hydrogen) atoms. The number of rotatable bonds is 8. The molecule has 1 aromatic heterocycles. The standard InChI is InChI=1S/C16H19FN4O2S2/c17-12-5-3-11(4-6-12)8-18-14(22)10-24-16-21-20-15(25-16)19-9-13-2-1-7-23-13/h3-6,13H,1-2,7-10H2,(H,18,22)(H,19,20)/t13-/m1/s1. The summed E-state index contributed by atoms with van der Waals surface area (Å²) >= 11 is 2.77. The van der Waals surface area contributed by atoms with Crippen LogP contribution in [-0.2, 0) is 16.1 Å². The van der Waals surface area contributed by atoms with E-state index in [0.717, 1.165) is 41.0 Å². The van der Waals surface area contributed by atoms with Gasteiger partial charge >= 0.3 is 0 Å². The average molecular weight is 382 g/mol. The number of amides is 1. The van der Waals surface area contributed by atoms with Crippen molar-refractivity contribution in [3.8, 4) is 0 Å². The minimum atomic E-state index is -0.286. The second kappa shape index (κ2) is 9.12. The van der Waals surface area contributed by atoms with Crippen LogP contribution < -0.4 is 10.6 Å². The van der Waals surface area contributed by atoms with Gasteiger partial charge in [-0.25, -0.2) is 4.39 Å². The first kappa shape index (κ1) is 18.1. The van der Waals surface area contributed by atoms with Crippen LogP contribution in [0.25, 0.3) is 0 Å². The highest BCUT2D eigenvalue weighted by Crippen LogP contribution is 2.25. The zero-order chi connectivity index (χ0) is 17.5. The molecule has 2 N–H and O–H groups in total. The van der Waals surface area contributed by atoms with E-state index in [1.54, 1.807) is 12.1 Å². The monoisotopic (exact) mass is 382 g/mol. The van der Waals surface area contributed by atoms with E-state index in [1.165, 1.54) is 35.2 Å². The van der Waals surface area contributed by atoms with Crippen molar-refractivity contribution >= 4 is 34.1 Å². The molecule has 1 saturated heterocycles. The van der Waals surface area contributed by atoms with E-state index < -0.39 is 0 Å². The van der Waals surface area contributed by atoms with Crippen molar-refractivity contribution in [3.05, 3.63) is 35.6 Å². The number of ether oxygens (including phenoxy) is 1. The summed E-state index contributed by atoms with van der Waals surface area (Å²) in [6, 6.07) is 6.06. The Morgan fingerprint density at radius 3 is 2.96 bits per heavy atom. The number of carbonyl (C=O) groups excluding carboxylic acids is 1. The third-order valence-corrected chi connectivity index (χ3v) is 5.66. The van der Waals surface area contributed by atoms with Gasteiger partial charge in [-0.05, 0) is 30.5 Å². The Hall–Kier alpha value is -1.71. The lowest BCUT2D eigenvalue weighted by atomic mass is 10.2. The van der Waals surface area contributed by atoms with Crippen molar-refractivity contribution in [1.82, 2.24) is 15.5 Å². The third kappa shape index (κ3) is 5.94. The second-order valence-corrected chi connectivity index (χ2v) is 7.78. The largest absolute Gasteiger partial charge is 0.376 e. The van der Waals surface area contributed by atoms with Gasteiger partial charge in [0, 0.05) is 19.7 Å². The van der Waals surface area contributed by atoms with Gasteiger partial charge in [-0.3, -0.25) is 4.79 Å². The summed E-state index contributed by atoms with van der Waals surface area (Å²) in [7, 11) is 0. The van der Waals surface area contributed by atoms with E-state index in [9.17, 15) is 9.18 Å². The van der Waals surface area contributed by atoms with E-state index in [0.29, 0.717) is 6.54 Å². The zero-order valence-electron chi connectivity index (χ0n) is 13.5. The number of anilines is 1. The molecule has 0 aliphatic carbocycles. The molecular formula is C16H19FN4O2S2. The van der Waals surface area contributed by atoms with Crippen molar-refractivity contribution in [2.75, 3.05) is 24.2 Å². The number of carbonyl (C=O) groups is 1. The van der Waals surface area contributed by atoms with E-state index in [-0.39, 0.29) is 23.6 Å². The maximum atomic E-state index is 12.8. The lowest BCUT2D eigenvalue weighted by molar-refractivity contribution is -0.118. The summed E-state index contributed by atoms with van der Waals surface area (Å²) < 4.78 is 19.1. The maximum absolute atomic E-state index is 12.8. The molecule has 1 aliphatic rings. The number of thioether (sulfide) groups is 1. The molecule has 3 rings (SSSR count). The summed E-state index contributed by atoms with van der Waals surface area (Å²) in [4.78, 5) is 11.9. The number of nitrogens with one attached hydrogen (secondary N) is 2. The molecule has 1 fully saturated rings. The van der Waals surface area contributed by atoms with E-state index in [2.05, 4.69) is 20.8 Å². The van der Waals surface area contributed by atoms with Gasteiger partial charge in [0.15, 0.2) is 4.34 Å². The number of halogens is 1. The van der Waals surface area contributed by atoms with Crippen molar-refractivity contribution in [3.63, 3.8) is 0 Å².